The number of hydrogen-bond donors (Lipinski definition) is 3. The van der Waals surface area contributed by atoms with E-state index in [0.29, 0.717) is 0 Å². The summed E-state index contributed by atoms with van der Waals surface area (Å²) in [7, 11) is 0. The molecule has 0 spiro atoms. The molecule has 0 fully saturated rings. The Labute approximate surface area is 138 Å². The van der Waals surface area contributed by atoms with Gasteiger partial charge in [0.05, 0.1) is 18.7 Å². The maximum Gasteiger partial charge on any atom is 0.347 e. The second-order valence-electron chi connectivity index (χ2n) is 4.79. The number of halogens is 3. The van der Waals surface area contributed by atoms with E-state index in [2.05, 4.69) is 15.3 Å². The highest BCUT2D eigenvalue weighted by Crippen LogP contribution is 2.25. The Bertz CT molecular complexity index is 827. The quantitative estimate of drug-likeness (QED) is 0.504. The molecule has 128 valence electrons. The SMILES string of the molecule is NC(=O)Cc1nc(NCC(F)(F)c2cccc[n+]2[O-])c(=O)[nH]c1Cl. The third-order valence-corrected chi connectivity index (χ3v) is 3.27. The number of carbonyl (C=O) groups is 1. The highest BCUT2D eigenvalue weighted by Gasteiger charge is 2.39. The third-order valence-electron chi connectivity index (χ3n) is 2.96. The first-order valence-corrected chi connectivity index (χ1v) is 6.96. The van der Waals surface area contributed by atoms with Crippen LogP contribution in [0.25, 0.3) is 0 Å². The van der Waals surface area contributed by atoms with Gasteiger partial charge in [-0.2, -0.15) is 13.5 Å². The molecule has 0 aliphatic rings. The van der Waals surface area contributed by atoms with Crippen LogP contribution in [0.2, 0.25) is 5.15 Å². The summed E-state index contributed by atoms with van der Waals surface area (Å²) < 4.78 is 28.2. The summed E-state index contributed by atoms with van der Waals surface area (Å²) in [6.07, 6.45) is 0.557. The second kappa shape index (κ2) is 6.79. The van der Waals surface area contributed by atoms with Gasteiger partial charge in [-0.05, 0) is 6.07 Å². The van der Waals surface area contributed by atoms with Gasteiger partial charge in [0, 0.05) is 12.1 Å². The van der Waals surface area contributed by atoms with Crippen LogP contribution in [0.3, 0.4) is 0 Å². The number of primary amides is 1. The molecule has 2 aromatic rings. The molecule has 0 unspecified atom stereocenters. The molecule has 0 atom stereocenters. The van der Waals surface area contributed by atoms with E-state index in [1.807, 2.05) is 0 Å². The smallest absolute Gasteiger partial charge is 0.347 e. The molecular formula is C13H12ClF2N5O3. The van der Waals surface area contributed by atoms with Gasteiger partial charge in [0.1, 0.15) is 5.15 Å². The zero-order valence-electron chi connectivity index (χ0n) is 12.1. The van der Waals surface area contributed by atoms with E-state index in [-0.39, 0.29) is 22.0 Å². The van der Waals surface area contributed by atoms with E-state index >= 15 is 0 Å². The van der Waals surface area contributed by atoms with Crippen molar-refractivity contribution in [2.45, 2.75) is 12.3 Å². The molecule has 0 saturated carbocycles. The highest BCUT2D eigenvalue weighted by molar-refractivity contribution is 6.30. The van der Waals surface area contributed by atoms with Crippen LogP contribution in [0.4, 0.5) is 14.6 Å². The van der Waals surface area contributed by atoms with E-state index in [4.69, 9.17) is 17.3 Å². The lowest BCUT2D eigenvalue weighted by atomic mass is 10.2. The number of aromatic nitrogens is 3. The van der Waals surface area contributed by atoms with Crippen molar-refractivity contribution >= 4 is 23.3 Å². The fourth-order valence-electron chi connectivity index (χ4n) is 1.86. The average Bonchev–Trinajstić information content (AvgIpc) is 2.48. The summed E-state index contributed by atoms with van der Waals surface area (Å²) in [5, 5.41) is 13.4. The van der Waals surface area contributed by atoms with Crippen molar-refractivity contribution in [3.63, 3.8) is 0 Å². The van der Waals surface area contributed by atoms with E-state index in [1.165, 1.54) is 12.1 Å². The number of nitrogens with zero attached hydrogens (tertiary/aromatic N) is 2. The molecule has 4 N–H and O–H groups in total. The largest absolute Gasteiger partial charge is 0.618 e. The van der Waals surface area contributed by atoms with Crippen LogP contribution in [0.1, 0.15) is 11.4 Å². The summed E-state index contributed by atoms with van der Waals surface area (Å²) in [5.74, 6) is -4.80. The Kier molecular flexibility index (Phi) is 4.98. The number of hydrogen-bond acceptors (Lipinski definition) is 5. The number of pyridine rings is 1. The molecule has 24 heavy (non-hydrogen) atoms. The summed E-state index contributed by atoms with van der Waals surface area (Å²) in [4.78, 5) is 28.5. The third kappa shape index (κ3) is 3.96. The molecule has 0 aliphatic heterocycles. The Balaban J connectivity index is 2.24. The van der Waals surface area contributed by atoms with Gasteiger partial charge < -0.3 is 21.2 Å². The lowest BCUT2D eigenvalue weighted by Gasteiger charge is -2.16. The van der Waals surface area contributed by atoms with Gasteiger partial charge in [-0.1, -0.05) is 11.6 Å². The minimum atomic E-state index is -3.57. The zero-order valence-corrected chi connectivity index (χ0v) is 12.8. The number of nitrogens with one attached hydrogen (secondary N) is 2. The molecule has 0 radical (unpaired) electrons. The van der Waals surface area contributed by atoms with E-state index in [1.54, 1.807) is 0 Å². The summed E-state index contributed by atoms with van der Waals surface area (Å²) in [5.41, 5.74) is 3.30. The molecule has 0 aromatic carbocycles. The highest BCUT2D eigenvalue weighted by atomic mass is 35.5. The number of aromatic amines is 1. The van der Waals surface area contributed by atoms with Gasteiger partial charge in [-0.15, -0.1) is 0 Å². The average molecular weight is 360 g/mol. The standard InChI is InChI=1S/C13H12ClF2N5O3/c14-10-7(5-9(17)22)19-11(12(23)20-10)18-6-13(15,16)8-3-1-2-4-21(8)24/h1-4H,5-6H2,(H2,17,22)(H,18,19)(H,20,23). The zero-order chi connectivity index (χ0) is 17.9. The van der Waals surface area contributed by atoms with Crippen LogP contribution in [-0.2, 0) is 17.1 Å². The van der Waals surface area contributed by atoms with Crippen molar-refractivity contribution in [2.75, 3.05) is 11.9 Å². The number of nitrogens with two attached hydrogens (primary N) is 1. The Hall–Kier alpha value is -2.75. The minimum Gasteiger partial charge on any atom is -0.618 e. The van der Waals surface area contributed by atoms with E-state index in [0.717, 1.165) is 12.3 Å². The maximum atomic E-state index is 14.1. The summed E-state index contributed by atoms with van der Waals surface area (Å²) >= 11 is 5.71. The Morgan fingerprint density at radius 1 is 1.50 bits per heavy atom. The topological polar surface area (TPSA) is 128 Å². The number of carbonyl (C=O) groups excluding carboxylic acids is 1. The van der Waals surface area contributed by atoms with Gasteiger partial charge in [0.25, 0.3) is 11.3 Å². The van der Waals surface area contributed by atoms with Crippen LogP contribution in [-0.4, -0.2) is 22.4 Å². The minimum absolute atomic E-state index is 0.0275. The normalized spacial score (nSPS) is 11.3. The molecule has 2 rings (SSSR count). The number of amides is 1. The fourth-order valence-corrected chi connectivity index (χ4v) is 2.06. The van der Waals surface area contributed by atoms with Crippen molar-refractivity contribution < 1.29 is 18.3 Å². The molecule has 0 bridgehead atoms. The van der Waals surface area contributed by atoms with E-state index < -0.39 is 35.4 Å². The van der Waals surface area contributed by atoms with Crippen molar-refractivity contribution in [3.8, 4) is 0 Å². The van der Waals surface area contributed by atoms with Gasteiger partial charge in [-0.3, -0.25) is 9.59 Å². The van der Waals surface area contributed by atoms with Crippen molar-refractivity contribution in [3.05, 3.63) is 56.5 Å². The first kappa shape index (κ1) is 17.6. The number of alkyl halides is 2. The van der Waals surface area contributed by atoms with Crippen LogP contribution in [0, 0.1) is 5.21 Å². The lowest BCUT2D eigenvalue weighted by molar-refractivity contribution is -0.624. The molecule has 2 heterocycles. The fraction of sp³-hybridized carbons (Fsp3) is 0.231. The second-order valence-corrected chi connectivity index (χ2v) is 5.17. The Morgan fingerprint density at radius 2 is 2.21 bits per heavy atom. The van der Waals surface area contributed by atoms with Crippen LogP contribution < -0.4 is 21.3 Å². The first-order chi connectivity index (χ1) is 11.2. The van der Waals surface area contributed by atoms with Gasteiger partial charge in [-0.25, -0.2) is 4.98 Å². The molecule has 0 aliphatic carbocycles. The van der Waals surface area contributed by atoms with Crippen molar-refractivity contribution in [1.82, 2.24) is 9.97 Å². The molecule has 11 heteroatoms. The number of H-pyrrole nitrogens is 1. The molecule has 2 aromatic heterocycles. The van der Waals surface area contributed by atoms with Crippen molar-refractivity contribution in [1.29, 1.82) is 0 Å². The summed E-state index contributed by atoms with van der Waals surface area (Å²) in [6.45, 7) is -1.06. The summed E-state index contributed by atoms with van der Waals surface area (Å²) in [6, 6.07) is 3.56. The van der Waals surface area contributed by atoms with E-state index in [9.17, 15) is 23.6 Å². The molecule has 8 nitrogen and oxygen atoms in total. The predicted molar refractivity (Wildman–Crippen MR) is 80.6 cm³/mol. The van der Waals surface area contributed by atoms with Gasteiger partial charge >= 0.3 is 5.92 Å². The number of anilines is 1. The van der Waals surface area contributed by atoms with Crippen LogP contribution in [0.5, 0.6) is 0 Å². The predicted octanol–water partition coefficient (Wildman–Crippen LogP) is 0.288. The lowest BCUT2D eigenvalue weighted by Crippen LogP contribution is -2.41. The van der Waals surface area contributed by atoms with Crippen LogP contribution in [0.15, 0.2) is 29.2 Å². The van der Waals surface area contributed by atoms with Crippen LogP contribution >= 0.6 is 11.6 Å². The molecule has 1 amide bonds. The Morgan fingerprint density at radius 3 is 2.83 bits per heavy atom. The first-order valence-electron chi connectivity index (χ1n) is 6.58. The number of rotatable bonds is 6. The van der Waals surface area contributed by atoms with Gasteiger partial charge in [0.2, 0.25) is 5.91 Å². The monoisotopic (exact) mass is 359 g/mol. The van der Waals surface area contributed by atoms with Crippen molar-refractivity contribution in [2.24, 2.45) is 5.73 Å². The van der Waals surface area contributed by atoms with Gasteiger partial charge in [0.15, 0.2) is 12.0 Å². The molecule has 0 saturated heterocycles. The molecular weight excluding hydrogens is 348 g/mol. The maximum absolute atomic E-state index is 14.1.